The highest BCUT2D eigenvalue weighted by molar-refractivity contribution is 5.45. The van der Waals surface area contributed by atoms with E-state index in [1.54, 1.807) is 68.8 Å². The van der Waals surface area contributed by atoms with E-state index in [2.05, 4.69) is 14.7 Å². The van der Waals surface area contributed by atoms with Crippen LogP contribution in [0.2, 0.25) is 0 Å². The Morgan fingerprint density at radius 2 is 1.10 bits per heavy atom. The fourth-order valence-electron chi connectivity index (χ4n) is 2.71. The summed E-state index contributed by atoms with van der Waals surface area (Å²) in [7, 11) is 6.03. The smallest absolute Gasteiger partial charge is 0.187 e. The van der Waals surface area contributed by atoms with Gasteiger partial charge in [0, 0.05) is 12.1 Å². The monoisotopic (exact) mass is 532 g/mol. The van der Waals surface area contributed by atoms with E-state index in [-0.39, 0.29) is 22.9 Å². The van der Waals surface area contributed by atoms with E-state index in [9.17, 15) is 4.39 Å². The molecule has 1 N–H and O–H groups in total. The first-order valence-corrected chi connectivity index (χ1v) is 11.1. The summed E-state index contributed by atoms with van der Waals surface area (Å²) in [6.07, 6.45) is 2.42. The lowest BCUT2D eigenvalue weighted by Gasteiger charge is -2.10. The third-order valence-corrected chi connectivity index (χ3v) is 4.68. The van der Waals surface area contributed by atoms with E-state index in [1.165, 1.54) is 32.5 Å². The van der Waals surface area contributed by atoms with Crippen LogP contribution >= 0.6 is 0 Å². The largest absolute Gasteiger partial charge is 0.508 e. The van der Waals surface area contributed by atoms with Gasteiger partial charge in [0.25, 0.3) is 0 Å². The molecule has 4 aromatic rings. The molecule has 0 atom stereocenters. The molecule has 0 saturated heterocycles. The highest BCUT2D eigenvalue weighted by Gasteiger charge is 2.08. The van der Waals surface area contributed by atoms with Crippen LogP contribution in [0.5, 0.6) is 40.2 Å². The van der Waals surface area contributed by atoms with Gasteiger partial charge in [-0.05, 0) is 48.5 Å². The molecule has 0 fully saturated rings. The lowest BCUT2D eigenvalue weighted by atomic mass is 10.3. The Kier molecular flexibility index (Phi) is 11.8. The van der Waals surface area contributed by atoms with E-state index in [0.717, 1.165) is 17.7 Å². The fraction of sp³-hybridized carbons (Fsp3) is 0.143. The molecule has 0 aliphatic carbocycles. The van der Waals surface area contributed by atoms with Gasteiger partial charge in [-0.15, -0.1) is 0 Å². The predicted octanol–water partition coefficient (Wildman–Crippen LogP) is 5.26. The number of nitriles is 2. The number of nitrogens with zero attached hydrogens (tertiary/aromatic N) is 4. The fourth-order valence-corrected chi connectivity index (χ4v) is 2.71. The summed E-state index contributed by atoms with van der Waals surface area (Å²) in [6, 6.07) is 20.2. The van der Waals surface area contributed by atoms with Crippen LogP contribution in [0.15, 0.2) is 73.1 Å². The molecule has 0 unspecified atom stereocenters. The summed E-state index contributed by atoms with van der Waals surface area (Å²) in [5, 5.41) is 25.9. The number of benzene rings is 2. The van der Waals surface area contributed by atoms with Crippen molar-refractivity contribution >= 4 is 0 Å². The second-order valence-corrected chi connectivity index (χ2v) is 7.12. The quantitative estimate of drug-likeness (QED) is 0.349. The molecule has 39 heavy (non-hydrogen) atoms. The van der Waals surface area contributed by atoms with Crippen LogP contribution in [0.3, 0.4) is 0 Å². The average molecular weight is 533 g/mol. The molecule has 0 aliphatic rings. The second kappa shape index (κ2) is 15.5. The number of halogens is 1. The van der Waals surface area contributed by atoms with Crippen LogP contribution in [0.1, 0.15) is 11.4 Å². The van der Waals surface area contributed by atoms with Crippen molar-refractivity contribution < 1.29 is 33.2 Å². The van der Waals surface area contributed by atoms with Gasteiger partial charge in [-0.1, -0.05) is 0 Å². The van der Waals surface area contributed by atoms with Crippen molar-refractivity contribution in [3.05, 3.63) is 90.3 Å². The van der Waals surface area contributed by atoms with Crippen molar-refractivity contribution in [2.45, 2.75) is 0 Å². The van der Waals surface area contributed by atoms with Crippen LogP contribution in [-0.4, -0.2) is 43.5 Å². The van der Waals surface area contributed by atoms with Crippen LogP contribution in [0, 0.1) is 28.5 Å². The van der Waals surface area contributed by atoms with Crippen molar-refractivity contribution in [3.8, 4) is 52.4 Å². The van der Waals surface area contributed by atoms with Gasteiger partial charge in [-0.25, -0.2) is 14.4 Å². The van der Waals surface area contributed by atoms with Gasteiger partial charge in [0.15, 0.2) is 23.1 Å². The molecule has 0 spiro atoms. The minimum Gasteiger partial charge on any atom is -0.508 e. The summed E-state index contributed by atoms with van der Waals surface area (Å²) >= 11 is 0. The maximum Gasteiger partial charge on any atom is 0.187 e. The highest BCUT2D eigenvalue weighted by atomic mass is 19.1. The molecule has 2 heterocycles. The molecule has 0 amide bonds. The summed E-state index contributed by atoms with van der Waals surface area (Å²) in [4.78, 5) is 7.43. The summed E-state index contributed by atoms with van der Waals surface area (Å²) in [5.41, 5.74) is 0.419. The number of phenolic OH excluding ortho intramolecular Hbond substituents is 1. The lowest BCUT2D eigenvalue weighted by Crippen LogP contribution is -1.93. The van der Waals surface area contributed by atoms with E-state index < -0.39 is 5.82 Å². The van der Waals surface area contributed by atoms with Crippen LogP contribution < -0.4 is 23.7 Å². The molecule has 0 radical (unpaired) electrons. The van der Waals surface area contributed by atoms with E-state index in [4.69, 9.17) is 34.6 Å². The van der Waals surface area contributed by atoms with Crippen LogP contribution in [-0.2, 0) is 0 Å². The number of ether oxygens (including phenoxy) is 5. The van der Waals surface area contributed by atoms with Crippen molar-refractivity contribution in [1.29, 1.82) is 10.5 Å². The zero-order valence-electron chi connectivity index (χ0n) is 21.6. The van der Waals surface area contributed by atoms with Crippen molar-refractivity contribution in [2.24, 2.45) is 0 Å². The molecule has 200 valence electrons. The molecule has 10 nitrogen and oxygen atoms in total. The van der Waals surface area contributed by atoms with Gasteiger partial charge >= 0.3 is 0 Å². The minimum absolute atomic E-state index is 0.0385. The molecule has 2 aromatic carbocycles. The minimum atomic E-state index is -0.563. The number of pyridine rings is 2. The maximum absolute atomic E-state index is 12.6. The summed E-state index contributed by atoms with van der Waals surface area (Å²) < 4.78 is 38.0. The van der Waals surface area contributed by atoms with Crippen molar-refractivity contribution in [2.75, 3.05) is 28.4 Å². The van der Waals surface area contributed by atoms with Crippen molar-refractivity contribution in [3.63, 3.8) is 0 Å². The first kappa shape index (κ1) is 29.7. The predicted molar refractivity (Wildman–Crippen MR) is 139 cm³/mol. The standard InChI is InChI=1S/C14H12N2O3.C7H5FN2O.C7H8O2/c1-17-11-3-5-12(6-4-11)19-14-9-16-10(8-15)7-13(14)18-2;1-11-7-2-5(3-9)10-4-6(7)8;1-9-7-4-2-6(8)3-5-7/h3-7,9H,1-2H3;2,4H,1H3;2-5,8H,1H3. The summed E-state index contributed by atoms with van der Waals surface area (Å²) in [6.45, 7) is 0. The zero-order chi connectivity index (χ0) is 28.6. The Bertz CT molecular complexity index is 1420. The number of phenols is 1. The molecule has 0 saturated carbocycles. The maximum atomic E-state index is 12.6. The van der Waals surface area contributed by atoms with Gasteiger partial charge in [-0.3, -0.25) is 0 Å². The highest BCUT2D eigenvalue weighted by Crippen LogP contribution is 2.31. The van der Waals surface area contributed by atoms with Gasteiger partial charge in [0.1, 0.15) is 46.5 Å². The molecule has 11 heteroatoms. The summed E-state index contributed by atoms with van der Waals surface area (Å²) in [5.74, 6) is 2.78. The first-order chi connectivity index (χ1) is 18.9. The molecular weight excluding hydrogens is 507 g/mol. The number of hydrogen-bond donors (Lipinski definition) is 1. The molecule has 0 aliphatic heterocycles. The third-order valence-electron chi connectivity index (χ3n) is 4.68. The average Bonchev–Trinajstić information content (AvgIpc) is 2.99. The van der Waals surface area contributed by atoms with Crippen molar-refractivity contribution in [1.82, 2.24) is 9.97 Å². The van der Waals surface area contributed by atoms with Crippen LogP contribution in [0.4, 0.5) is 4.39 Å². The van der Waals surface area contributed by atoms with Crippen LogP contribution in [0.25, 0.3) is 0 Å². The molecule has 4 rings (SSSR count). The number of methoxy groups -OCH3 is 4. The van der Waals surface area contributed by atoms with Gasteiger partial charge in [0.2, 0.25) is 0 Å². The van der Waals surface area contributed by atoms with E-state index in [1.807, 2.05) is 6.07 Å². The molecule has 2 aromatic heterocycles. The SMILES string of the molecule is COc1cc(C#N)ncc1F.COc1ccc(O)cc1.COc1ccc(Oc2cnc(C#N)cc2OC)cc1. The first-order valence-electron chi connectivity index (χ1n) is 11.1. The topological polar surface area (TPSA) is 140 Å². The number of hydrogen-bond acceptors (Lipinski definition) is 10. The zero-order valence-corrected chi connectivity index (χ0v) is 21.6. The van der Waals surface area contributed by atoms with Gasteiger partial charge in [-0.2, -0.15) is 10.5 Å². The number of rotatable bonds is 6. The van der Waals surface area contributed by atoms with E-state index in [0.29, 0.717) is 17.2 Å². The van der Waals surface area contributed by atoms with Gasteiger partial charge in [0.05, 0.1) is 40.8 Å². The second-order valence-electron chi connectivity index (χ2n) is 7.12. The molecule has 0 bridgehead atoms. The Morgan fingerprint density at radius 3 is 1.59 bits per heavy atom. The molecular formula is C28H25FN4O6. The lowest BCUT2D eigenvalue weighted by molar-refractivity contribution is 0.376. The Hall–Kier alpha value is -5.55. The van der Waals surface area contributed by atoms with Gasteiger partial charge < -0.3 is 28.8 Å². The van der Waals surface area contributed by atoms with E-state index >= 15 is 0 Å². The Labute approximate surface area is 225 Å². The Morgan fingerprint density at radius 1 is 0.641 bits per heavy atom. The number of aromatic hydroxyl groups is 1. The Balaban J connectivity index is 0.000000226. The number of aromatic nitrogens is 2. The third kappa shape index (κ3) is 9.44. The normalized spacial score (nSPS) is 9.21.